The van der Waals surface area contributed by atoms with Gasteiger partial charge in [0.15, 0.2) is 0 Å². The van der Waals surface area contributed by atoms with Gasteiger partial charge in [0.05, 0.1) is 11.6 Å². The number of nitrogens with zero attached hydrogens (tertiary/aromatic N) is 3. The zero-order chi connectivity index (χ0) is 15.4. The van der Waals surface area contributed by atoms with Gasteiger partial charge in [0.1, 0.15) is 5.37 Å². The molecule has 0 bridgehead atoms. The molecule has 6 heteroatoms. The van der Waals surface area contributed by atoms with E-state index in [0.717, 1.165) is 11.3 Å². The zero-order valence-corrected chi connectivity index (χ0v) is 12.6. The van der Waals surface area contributed by atoms with Crippen LogP contribution in [-0.4, -0.2) is 28.2 Å². The molecular formula is C16H14N4OS. The lowest BCUT2D eigenvalue weighted by Crippen LogP contribution is -2.34. The largest absolute Gasteiger partial charge is 0.323 e. The number of carbonyl (C=O) groups is 1. The number of carbonyl (C=O) groups excluding carboxylic acids is 1. The van der Waals surface area contributed by atoms with Crippen LogP contribution < -0.4 is 5.32 Å². The third kappa shape index (κ3) is 3.05. The van der Waals surface area contributed by atoms with E-state index in [-0.39, 0.29) is 11.4 Å². The average Bonchev–Trinajstić information content (AvgIpc) is 3.06. The number of nitrogens with one attached hydrogen (secondary N) is 1. The molecule has 0 unspecified atom stereocenters. The van der Waals surface area contributed by atoms with Crippen LogP contribution in [0.2, 0.25) is 0 Å². The second-order valence-electron chi connectivity index (χ2n) is 4.82. The van der Waals surface area contributed by atoms with Crippen LogP contribution in [0.4, 0.5) is 10.5 Å². The van der Waals surface area contributed by atoms with E-state index in [1.807, 2.05) is 17.0 Å². The fourth-order valence-electron chi connectivity index (χ4n) is 2.31. The number of benzene rings is 1. The van der Waals surface area contributed by atoms with Gasteiger partial charge in [-0.25, -0.2) is 4.79 Å². The van der Waals surface area contributed by atoms with Crippen molar-refractivity contribution >= 4 is 23.5 Å². The monoisotopic (exact) mass is 310 g/mol. The summed E-state index contributed by atoms with van der Waals surface area (Å²) in [6, 6.07) is 12.7. The van der Waals surface area contributed by atoms with Crippen molar-refractivity contribution in [1.29, 1.82) is 5.26 Å². The summed E-state index contributed by atoms with van der Waals surface area (Å²) >= 11 is 1.74. The number of rotatable bonds is 2. The first-order valence-corrected chi connectivity index (χ1v) is 7.92. The molecule has 1 atom stereocenters. The number of urea groups is 1. The topological polar surface area (TPSA) is 69.0 Å². The van der Waals surface area contributed by atoms with E-state index in [9.17, 15) is 4.79 Å². The smallest absolute Gasteiger partial charge is 0.308 e. The molecule has 0 aliphatic carbocycles. The molecule has 5 nitrogen and oxygen atoms in total. The summed E-state index contributed by atoms with van der Waals surface area (Å²) in [6.45, 7) is 0.708. The number of thioether (sulfide) groups is 1. The molecule has 22 heavy (non-hydrogen) atoms. The predicted octanol–water partition coefficient (Wildman–Crippen LogP) is 3.23. The molecule has 0 saturated carbocycles. The lowest BCUT2D eigenvalue weighted by atomic mass is 10.2. The first-order chi connectivity index (χ1) is 10.8. The van der Waals surface area contributed by atoms with Crippen LogP contribution in [0.15, 0.2) is 48.8 Å². The summed E-state index contributed by atoms with van der Waals surface area (Å²) in [5, 5.41) is 11.7. The van der Waals surface area contributed by atoms with Gasteiger partial charge in [-0.3, -0.25) is 4.98 Å². The van der Waals surface area contributed by atoms with Gasteiger partial charge in [0.2, 0.25) is 0 Å². The van der Waals surface area contributed by atoms with Gasteiger partial charge in [-0.15, -0.1) is 11.8 Å². The van der Waals surface area contributed by atoms with Crippen LogP contribution >= 0.6 is 11.8 Å². The first kappa shape index (κ1) is 14.4. The highest BCUT2D eigenvalue weighted by Crippen LogP contribution is 2.37. The zero-order valence-electron chi connectivity index (χ0n) is 11.8. The number of amides is 2. The van der Waals surface area contributed by atoms with Crippen LogP contribution in [0.5, 0.6) is 0 Å². The van der Waals surface area contributed by atoms with Crippen molar-refractivity contribution in [3.05, 3.63) is 59.9 Å². The second-order valence-corrected chi connectivity index (χ2v) is 6.00. The number of hydrogen-bond acceptors (Lipinski definition) is 4. The molecule has 2 amide bonds. The van der Waals surface area contributed by atoms with Crippen LogP contribution in [0.25, 0.3) is 0 Å². The molecule has 0 radical (unpaired) electrons. The van der Waals surface area contributed by atoms with Crippen molar-refractivity contribution in [1.82, 2.24) is 9.88 Å². The maximum Gasteiger partial charge on any atom is 0.323 e. The number of anilines is 1. The maximum atomic E-state index is 12.5. The van der Waals surface area contributed by atoms with Crippen molar-refractivity contribution in [3.8, 4) is 6.07 Å². The van der Waals surface area contributed by atoms with Crippen LogP contribution in [0.1, 0.15) is 16.5 Å². The second kappa shape index (κ2) is 6.50. The third-order valence-electron chi connectivity index (χ3n) is 3.41. The SMILES string of the molecule is N#Cc1ccc(NC(=O)N2CCS[C@H]2c2ccncc2)cc1. The minimum absolute atomic E-state index is 0.0152. The van der Waals surface area contributed by atoms with Gasteiger partial charge in [-0.05, 0) is 42.0 Å². The molecule has 2 aromatic rings. The van der Waals surface area contributed by atoms with Gasteiger partial charge in [0, 0.05) is 30.4 Å². The Kier molecular flexibility index (Phi) is 4.26. The number of nitriles is 1. The van der Waals surface area contributed by atoms with Gasteiger partial charge >= 0.3 is 6.03 Å². The normalized spacial score (nSPS) is 17.0. The molecule has 3 rings (SSSR count). The Labute approximate surface area is 133 Å². The summed E-state index contributed by atoms with van der Waals surface area (Å²) in [4.78, 5) is 18.3. The van der Waals surface area contributed by atoms with E-state index in [1.165, 1.54) is 0 Å². The number of pyridine rings is 1. The first-order valence-electron chi connectivity index (χ1n) is 6.87. The fraction of sp³-hybridized carbons (Fsp3) is 0.188. The number of aromatic nitrogens is 1. The maximum absolute atomic E-state index is 12.5. The van der Waals surface area contributed by atoms with Crippen molar-refractivity contribution in [2.24, 2.45) is 0 Å². The quantitative estimate of drug-likeness (QED) is 0.924. The van der Waals surface area contributed by atoms with E-state index in [1.54, 1.807) is 48.4 Å². The molecule has 110 valence electrons. The summed E-state index contributed by atoms with van der Waals surface area (Å²) in [6.07, 6.45) is 3.48. The minimum Gasteiger partial charge on any atom is -0.308 e. The van der Waals surface area contributed by atoms with Gasteiger partial charge in [-0.2, -0.15) is 5.26 Å². The van der Waals surface area contributed by atoms with Gasteiger partial charge in [0.25, 0.3) is 0 Å². The number of hydrogen-bond donors (Lipinski definition) is 1. The van der Waals surface area contributed by atoms with Crippen LogP contribution in [-0.2, 0) is 0 Å². The van der Waals surface area contributed by atoms with Crippen LogP contribution in [0, 0.1) is 11.3 Å². The Hall–Kier alpha value is -2.52. The average molecular weight is 310 g/mol. The molecule has 1 aromatic carbocycles. The molecule has 0 spiro atoms. The Balaban J connectivity index is 1.72. The van der Waals surface area contributed by atoms with Crippen LogP contribution in [0.3, 0.4) is 0 Å². The predicted molar refractivity (Wildman–Crippen MR) is 86.3 cm³/mol. The lowest BCUT2D eigenvalue weighted by molar-refractivity contribution is 0.214. The van der Waals surface area contributed by atoms with E-state index < -0.39 is 0 Å². The Bertz CT molecular complexity index is 696. The van der Waals surface area contributed by atoms with Crippen molar-refractivity contribution in [2.75, 3.05) is 17.6 Å². The molecule has 1 N–H and O–H groups in total. The van der Waals surface area contributed by atoms with Gasteiger partial charge in [-0.1, -0.05) is 0 Å². The van der Waals surface area contributed by atoms with Crippen molar-refractivity contribution < 1.29 is 4.79 Å². The van der Waals surface area contributed by atoms with Crippen molar-refractivity contribution in [2.45, 2.75) is 5.37 Å². The Morgan fingerprint density at radius 2 is 2.00 bits per heavy atom. The third-order valence-corrected chi connectivity index (χ3v) is 4.67. The Morgan fingerprint density at radius 1 is 1.27 bits per heavy atom. The van der Waals surface area contributed by atoms with E-state index in [4.69, 9.17) is 5.26 Å². The lowest BCUT2D eigenvalue weighted by Gasteiger charge is -2.24. The summed E-state index contributed by atoms with van der Waals surface area (Å²) in [7, 11) is 0. The van der Waals surface area contributed by atoms with Gasteiger partial charge < -0.3 is 10.2 Å². The molecule has 1 fully saturated rings. The van der Waals surface area contributed by atoms with E-state index >= 15 is 0 Å². The molecule has 1 aromatic heterocycles. The highest BCUT2D eigenvalue weighted by molar-refractivity contribution is 7.99. The fourth-order valence-corrected chi connectivity index (χ4v) is 3.56. The van der Waals surface area contributed by atoms with Crippen molar-refractivity contribution in [3.63, 3.8) is 0 Å². The summed E-state index contributed by atoms with van der Waals surface area (Å²) < 4.78 is 0. The standard InChI is InChI=1S/C16H14N4OS/c17-11-12-1-3-14(4-2-12)19-16(21)20-9-10-22-15(20)13-5-7-18-8-6-13/h1-8,15H,9-10H2,(H,19,21)/t15-/m0/s1. The molecule has 1 aliphatic heterocycles. The molecule has 1 saturated heterocycles. The molecular weight excluding hydrogens is 296 g/mol. The highest BCUT2D eigenvalue weighted by Gasteiger charge is 2.30. The Morgan fingerprint density at radius 3 is 2.68 bits per heavy atom. The summed E-state index contributed by atoms with van der Waals surface area (Å²) in [5.41, 5.74) is 2.34. The molecule has 1 aliphatic rings. The van der Waals surface area contributed by atoms with E-state index in [0.29, 0.717) is 17.8 Å². The molecule has 2 heterocycles. The van der Waals surface area contributed by atoms with E-state index in [2.05, 4.69) is 16.4 Å². The minimum atomic E-state index is -0.128. The summed E-state index contributed by atoms with van der Waals surface area (Å²) in [5.74, 6) is 0.910. The highest BCUT2D eigenvalue weighted by atomic mass is 32.2.